The molecule has 3 atom stereocenters. The number of rotatable bonds is 6. The highest BCUT2D eigenvalue weighted by molar-refractivity contribution is 8.76. The number of carbonyl (C=O) groups is 4. The standard InChI is InChI=1S/C13H20N4O4S2/c1-6(2)10-13(21)16-8(12(20)17-10)5-23-22-4-7-11(19)14-3-9(18)15-7/h6-8,10H,3-5H2,1-2H3,(H,14,19)(H,15,18)(H,16,21)(H,17,20)/t7-,8?,10?/m0/s1. The molecule has 0 bridgehead atoms. The number of nitrogens with one attached hydrogen (secondary N) is 4. The second-order valence-electron chi connectivity index (χ2n) is 5.70. The van der Waals surface area contributed by atoms with Crippen molar-refractivity contribution in [3.63, 3.8) is 0 Å². The molecule has 4 N–H and O–H groups in total. The summed E-state index contributed by atoms with van der Waals surface area (Å²) in [5.41, 5.74) is 0. The zero-order valence-corrected chi connectivity index (χ0v) is 14.5. The van der Waals surface area contributed by atoms with Crippen LogP contribution >= 0.6 is 21.6 Å². The zero-order valence-electron chi connectivity index (χ0n) is 12.9. The topological polar surface area (TPSA) is 116 Å². The summed E-state index contributed by atoms with van der Waals surface area (Å²) in [5.74, 6) is 0.0544. The molecule has 0 spiro atoms. The molecule has 0 radical (unpaired) electrons. The van der Waals surface area contributed by atoms with Crippen molar-refractivity contribution in [2.75, 3.05) is 18.1 Å². The van der Waals surface area contributed by atoms with E-state index in [0.29, 0.717) is 11.5 Å². The molecule has 10 heteroatoms. The third-order valence-electron chi connectivity index (χ3n) is 3.51. The van der Waals surface area contributed by atoms with E-state index in [0.717, 1.165) is 0 Å². The van der Waals surface area contributed by atoms with Crippen molar-refractivity contribution in [2.24, 2.45) is 5.92 Å². The Bertz CT molecular complexity index is 514. The molecule has 0 aromatic carbocycles. The third kappa shape index (κ3) is 4.77. The quantitative estimate of drug-likeness (QED) is 0.343. The molecule has 2 aliphatic rings. The zero-order chi connectivity index (χ0) is 17.0. The monoisotopic (exact) mass is 360 g/mol. The van der Waals surface area contributed by atoms with E-state index in [-0.39, 0.29) is 36.1 Å². The molecule has 23 heavy (non-hydrogen) atoms. The summed E-state index contributed by atoms with van der Waals surface area (Å²) in [4.78, 5) is 46.7. The Labute approximate surface area is 142 Å². The van der Waals surface area contributed by atoms with Gasteiger partial charge in [0.25, 0.3) is 0 Å². The van der Waals surface area contributed by atoms with Crippen LogP contribution < -0.4 is 21.3 Å². The Hall–Kier alpha value is -1.42. The summed E-state index contributed by atoms with van der Waals surface area (Å²) >= 11 is 0. The average Bonchev–Trinajstić information content (AvgIpc) is 2.49. The first-order valence-electron chi connectivity index (χ1n) is 7.30. The average molecular weight is 360 g/mol. The molecule has 2 rings (SSSR count). The molecular formula is C13H20N4O4S2. The van der Waals surface area contributed by atoms with Crippen LogP contribution in [0.4, 0.5) is 0 Å². The second kappa shape index (κ2) is 7.91. The van der Waals surface area contributed by atoms with Crippen molar-refractivity contribution in [1.29, 1.82) is 0 Å². The van der Waals surface area contributed by atoms with Crippen LogP contribution in [0.5, 0.6) is 0 Å². The van der Waals surface area contributed by atoms with Gasteiger partial charge in [-0.25, -0.2) is 0 Å². The molecule has 2 saturated heterocycles. The first-order chi connectivity index (χ1) is 10.9. The van der Waals surface area contributed by atoms with Crippen LogP contribution in [0.1, 0.15) is 13.8 Å². The second-order valence-corrected chi connectivity index (χ2v) is 8.25. The summed E-state index contributed by atoms with van der Waals surface area (Å²) in [6.45, 7) is 3.76. The number of amides is 4. The van der Waals surface area contributed by atoms with Crippen LogP contribution in [0.25, 0.3) is 0 Å². The van der Waals surface area contributed by atoms with Crippen molar-refractivity contribution >= 4 is 45.2 Å². The van der Waals surface area contributed by atoms with E-state index in [9.17, 15) is 19.2 Å². The molecular weight excluding hydrogens is 340 g/mol. The van der Waals surface area contributed by atoms with Gasteiger partial charge in [-0.05, 0) is 5.92 Å². The number of hydrogen-bond donors (Lipinski definition) is 4. The van der Waals surface area contributed by atoms with Crippen LogP contribution in [0.3, 0.4) is 0 Å². The molecule has 8 nitrogen and oxygen atoms in total. The van der Waals surface area contributed by atoms with Gasteiger partial charge in [-0.15, -0.1) is 0 Å². The highest BCUT2D eigenvalue weighted by Crippen LogP contribution is 2.24. The largest absolute Gasteiger partial charge is 0.345 e. The van der Waals surface area contributed by atoms with Gasteiger partial charge in [-0.1, -0.05) is 35.4 Å². The molecule has 2 fully saturated rings. The van der Waals surface area contributed by atoms with E-state index in [1.54, 1.807) is 0 Å². The lowest BCUT2D eigenvalue weighted by Crippen LogP contribution is -2.63. The predicted octanol–water partition coefficient (Wildman–Crippen LogP) is -1.38. The van der Waals surface area contributed by atoms with Crippen molar-refractivity contribution in [1.82, 2.24) is 21.3 Å². The molecule has 2 unspecified atom stereocenters. The Balaban J connectivity index is 1.72. The molecule has 0 aromatic heterocycles. The minimum Gasteiger partial charge on any atom is -0.345 e. The lowest BCUT2D eigenvalue weighted by atomic mass is 10.0. The van der Waals surface area contributed by atoms with Gasteiger partial charge in [0, 0.05) is 11.5 Å². The maximum Gasteiger partial charge on any atom is 0.244 e. The van der Waals surface area contributed by atoms with Crippen LogP contribution in [0.15, 0.2) is 0 Å². The normalized spacial score (nSPS) is 28.0. The Morgan fingerprint density at radius 3 is 2.13 bits per heavy atom. The van der Waals surface area contributed by atoms with Crippen molar-refractivity contribution < 1.29 is 19.2 Å². The van der Waals surface area contributed by atoms with E-state index < -0.39 is 18.1 Å². The number of piperazine rings is 2. The van der Waals surface area contributed by atoms with Crippen molar-refractivity contribution in [3.05, 3.63) is 0 Å². The summed E-state index contributed by atoms with van der Waals surface area (Å²) in [6.07, 6.45) is 0. The van der Waals surface area contributed by atoms with E-state index in [1.807, 2.05) is 13.8 Å². The summed E-state index contributed by atoms with van der Waals surface area (Å²) in [6, 6.07) is -1.63. The smallest absolute Gasteiger partial charge is 0.244 e. The number of hydrogen-bond acceptors (Lipinski definition) is 6. The molecule has 0 aromatic rings. The maximum absolute atomic E-state index is 12.0. The van der Waals surface area contributed by atoms with Gasteiger partial charge >= 0.3 is 0 Å². The summed E-state index contributed by atoms with van der Waals surface area (Å²) < 4.78 is 0. The van der Waals surface area contributed by atoms with Crippen LogP contribution in [0.2, 0.25) is 0 Å². The van der Waals surface area contributed by atoms with Crippen LogP contribution in [-0.4, -0.2) is 59.8 Å². The van der Waals surface area contributed by atoms with Gasteiger partial charge in [0.05, 0.1) is 6.54 Å². The van der Waals surface area contributed by atoms with Gasteiger partial charge in [-0.2, -0.15) is 0 Å². The Morgan fingerprint density at radius 2 is 1.52 bits per heavy atom. The van der Waals surface area contributed by atoms with Gasteiger partial charge in [0.2, 0.25) is 23.6 Å². The number of carbonyl (C=O) groups excluding carboxylic acids is 4. The van der Waals surface area contributed by atoms with Crippen LogP contribution in [0, 0.1) is 5.92 Å². The van der Waals surface area contributed by atoms with E-state index >= 15 is 0 Å². The fourth-order valence-corrected chi connectivity index (χ4v) is 4.51. The third-order valence-corrected chi connectivity index (χ3v) is 5.93. The molecule has 4 amide bonds. The fourth-order valence-electron chi connectivity index (χ4n) is 2.18. The van der Waals surface area contributed by atoms with Crippen LogP contribution in [-0.2, 0) is 19.2 Å². The van der Waals surface area contributed by atoms with E-state index in [4.69, 9.17) is 0 Å². The molecule has 128 valence electrons. The summed E-state index contributed by atoms with van der Waals surface area (Å²) in [7, 11) is 2.76. The van der Waals surface area contributed by atoms with Gasteiger partial charge < -0.3 is 21.3 Å². The minimum absolute atomic E-state index is 0.0123. The molecule has 2 heterocycles. The van der Waals surface area contributed by atoms with Crippen molar-refractivity contribution in [3.8, 4) is 0 Å². The Morgan fingerprint density at radius 1 is 0.913 bits per heavy atom. The molecule has 0 saturated carbocycles. The van der Waals surface area contributed by atoms with Gasteiger partial charge in [0.1, 0.15) is 18.1 Å². The lowest BCUT2D eigenvalue weighted by molar-refractivity contribution is -0.137. The first kappa shape index (κ1) is 17.9. The van der Waals surface area contributed by atoms with Crippen molar-refractivity contribution in [2.45, 2.75) is 32.0 Å². The predicted molar refractivity (Wildman–Crippen MR) is 88.6 cm³/mol. The molecule has 0 aliphatic carbocycles. The SMILES string of the molecule is CC(C)C1NC(=O)C(CSSC[C@@H]2NC(=O)CNC2=O)NC1=O. The summed E-state index contributed by atoms with van der Waals surface area (Å²) in [5, 5.41) is 10.6. The van der Waals surface area contributed by atoms with E-state index in [1.165, 1.54) is 21.6 Å². The lowest BCUT2D eigenvalue weighted by Gasteiger charge is -2.31. The first-order valence-corrected chi connectivity index (χ1v) is 9.79. The van der Waals surface area contributed by atoms with Gasteiger partial charge in [-0.3, -0.25) is 19.2 Å². The Kier molecular flexibility index (Phi) is 6.17. The minimum atomic E-state index is -0.579. The fraction of sp³-hybridized carbons (Fsp3) is 0.692. The highest BCUT2D eigenvalue weighted by atomic mass is 33.1. The van der Waals surface area contributed by atoms with E-state index in [2.05, 4.69) is 21.3 Å². The van der Waals surface area contributed by atoms with Gasteiger partial charge in [0.15, 0.2) is 0 Å². The molecule has 2 aliphatic heterocycles. The maximum atomic E-state index is 12.0. The highest BCUT2D eigenvalue weighted by Gasteiger charge is 2.35.